The Kier molecular flexibility index (Phi) is 8.86. The lowest BCUT2D eigenvalue weighted by molar-refractivity contribution is -0.138. The van der Waals surface area contributed by atoms with Crippen LogP contribution in [-0.4, -0.2) is 30.4 Å². The summed E-state index contributed by atoms with van der Waals surface area (Å²) in [6, 6.07) is 22.8. The molecule has 0 aliphatic carbocycles. The normalized spacial score (nSPS) is 14.5. The number of nitriles is 1. The minimum atomic E-state index is -0.796. The average molecular weight is 600 g/mol. The summed E-state index contributed by atoms with van der Waals surface area (Å²) >= 11 is 7.42. The van der Waals surface area contributed by atoms with Gasteiger partial charge in [-0.2, -0.15) is 5.26 Å². The van der Waals surface area contributed by atoms with E-state index >= 15 is 0 Å². The molecule has 1 aliphatic heterocycles. The number of ether oxygens (including phenoxy) is 3. The number of halogens is 1. The number of hydrogen-bond donors (Lipinski definition) is 0. The van der Waals surface area contributed by atoms with E-state index in [0.717, 1.165) is 5.56 Å². The highest BCUT2D eigenvalue weighted by molar-refractivity contribution is 7.07. The summed E-state index contributed by atoms with van der Waals surface area (Å²) in [6.07, 6.45) is 1.75. The molecule has 4 aromatic rings. The van der Waals surface area contributed by atoms with Crippen molar-refractivity contribution < 1.29 is 19.0 Å². The van der Waals surface area contributed by atoms with Crippen LogP contribution >= 0.6 is 22.9 Å². The van der Waals surface area contributed by atoms with Crippen molar-refractivity contribution in [1.82, 2.24) is 4.57 Å². The number of rotatable bonds is 9. The molecule has 42 heavy (non-hydrogen) atoms. The molecule has 1 atom stereocenters. The van der Waals surface area contributed by atoms with Gasteiger partial charge in [-0.25, -0.2) is 9.79 Å². The second-order valence-electron chi connectivity index (χ2n) is 9.07. The van der Waals surface area contributed by atoms with E-state index in [4.69, 9.17) is 36.1 Å². The molecule has 0 saturated carbocycles. The highest BCUT2D eigenvalue weighted by atomic mass is 35.5. The zero-order valence-electron chi connectivity index (χ0n) is 22.9. The number of aromatic nitrogens is 1. The maximum Gasteiger partial charge on any atom is 0.338 e. The fourth-order valence-corrected chi connectivity index (χ4v) is 5.79. The molecule has 3 aromatic carbocycles. The van der Waals surface area contributed by atoms with Gasteiger partial charge in [-0.15, -0.1) is 0 Å². The van der Waals surface area contributed by atoms with Gasteiger partial charge in [0.1, 0.15) is 6.07 Å². The zero-order chi connectivity index (χ0) is 29.6. The van der Waals surface area contributed by atoms with E-state index in [0.29, 0.717) is 49.3 Å². The van der Waals surface area contributed by atoms with Crippen LogP contribution in [0, 0.1) is 11.3 Å². The quantitative estimate of drug-likeness (QED) is 0.254. The van der Waals surface area contributed by atoms with Crippen molar-refractivity contribution >= 4 is 40.7 Å². The molecule has 1 aromatic heterocycles. The Morgan fingerprint density at radius 1 is 1.05 bits per heavy atom. The van der Waals surface area contributed by atoms with Gasteiger partial charge >= 0.3 is 5.97 Å². The van der Waals surface area contributed by atoms with Crippen molar-refractivity contribution in [2.24, 2.45) is 4.99 Å². The lowest BCUT2D eigenvalue weighted by atomic mass is 9.93. The van der Waals surface area contributed by atoms with E-state index in [2.05, 4.69) is 0 Å². The molecule has 212 valence electrons. The standard InChI is InChI=1S/C32H26ClN3O5S/c1-3-39-25-18-20(10-15-24(25)41-17-16-34)19-26-30(37)36-29(22-11-13-23(33)14-12-22)27(31(38)40-4-2)28(35-32(36)42-26)21-8-6-5-7-9-21/h5-15,18-19,29H,3-4,17H2,1-2H3/b26-19-/t29-/m0/s1. The SMILES string of the molecule is CCOC(=O)C1=C(c2ccccc2)N=c2s/c(=C\c3ccc(OCC#N)c(OCC)c3)c(=O)n2[C@H]1c1ccc(Cl)cc1. The molecule has 0 saturated heterocycles. The molecule has 0 spiro atoms. The van der Waals surface area contributed by atoms with Gasteiger partial charge in [0.15, 0.2) is 22.9 Å². The van der Waals surface area contributed by atoms with Crippen molar-refractivity contribution in [2.45, 2.75) is 19.9 Å². The van der Waals surface area contributed by atoms with Crippen LogP contribution in [0.4, 0.5) is 0 Å². The van der Waals surface area contributed by atoms with E-state index in [9.17, 15) is 9.59 Å². The van der Waals surface area contributed by atoms with E-state index in [1.165, 1.54) is 15.9 Å². The summed E-state index contributed by atoms with van der Waals surface area (Å²) in [4.78, 5) is 32.9. The van der Waals surface area contributed by atoms with Gasteiger partial charge in [0.2, 0.25) is 0 Å². The zero-order valence-corrected chi connectivity index (χ0v) is 24.4. The molecule has 0 amide bonds. The van der Waals surface area contributed by atoms with Crippen molar-refractivity contribution in [3.05, 3.63) is 120 Å². The number of carbonyl (C=O) groups is 1. The van der Waals surface area contributed by atoms with Gasteiger partial charge in [0.05, 0.1) is 35.1 Å². The number of benzene rings is 3. The molecule has 8 nitrogen and oxygen atoms in total. The largest absolute Gasteiger partial charge is 0.490 e. The van der Waals surface area contributed by atoms with Crippen LogP contribution in [0.1, 0.15) is 36.6 Å². The monoisotopic (exact) mass is 599 g/mol. The number of nitrogens with zero attached hydrogens (tertiary/aromatic N) is 3. The van der Waals surface area contributed by atoms with Crippen LogP contribution in [0.25, 0.3) is 11.8 Å². The number of hydrogen-bond acceptors (Lipinski definition) is 8. The van der Waals surface area contributed by atoms with Gasteiger partial charge in [0.25, 0.3) is 5.56 Å². The summed E-state index contributed by atoms with van der Waals surface area (Å²) in [7, 11) is 0. The van der Waals surface area contributed by atoms with Gasteiger partial charge < -0.3 is 14.2 Å². The highest BCUT2D eigenvalue weighted by Crippen LogP contribution is 2.35. The Hall–Kier alpha value is -4.65. The van der Waals surface area contributed by atoms with E-state index < -0.39 is 12.0 Å². The van der Waals surface area contributed by atoms with Crippen molar-refractivity contribution in [3.8, 4) is 17.6 Å². The lowest BCUT2D eigenvalue weighted by Gasteiger charge is -2.25. The molecule has 0 radical (unpaired) electrons. The molecular weight excluding hydrogens is 574 g/mol. The molecule has 10 heteroatoms. The van der Waals surface area contributed by atoms with Gasteiger partial charge in [-0.1, -0.05) is 71.5 Å². The van der Waals surface area contributed by atoms with Crippen molar-refractivity contribution in [1.29, 1.82) is 5.26 Å². The summed E-state index contributed by atoms with van der Waals surface area (Å²) in [5.74, 6) is 0.347. The Bertz CT molecular complexity index is 1870. The predicted molar refractivity (Wildman–Crippen MR) is 161 cm³/mol. The number of esters is 1. The van der Waals surface area contributed by atoms with Gasteiger partial charge in [0, 0.05) is 10.6 Å². The van der Waals surface area contributed by atoms with E-state index in [1.54, 1.807) is 55.5 Å². The van der Waals surface area contributed by atoms with Crippen LogP contribution in [-0.2, 0) is 9.53 Å². The maximum atomic E-state index is 14.0. The summed E-state index contributed by atoms with van der Waals surface area (Å²) in [5.41, 5.74) is 2.52. The van der Waals surface area contributed by atoms with Crippen molar-refractivity contribution in [3.63, 3.8) is 0 Å². The van der Waals surface area contributed by atoms with Crippen LogP contribution in [0.3, 0.4) is 0 Å². The molecule has 0 fully saturated rings. The average Bonchev–Trinajstić information content (AvgIpc) is 3.31. The smallest absolute Gasteiger partial charge is 0.338 e. The van der Waals surface area contributed by atoms with E-state index in [-0.39, 0.29) is 24.3 Å². The Labute approximate surface area is 251 Å². The first-order chi connectivity index (χ1) is 20.4. The molecule has 2 heterocycles. The lowest BCUT2D eigenvalue weighted by Crippen LogP contribution is -2.40. The summed E-state index contributed by atoms with van der Waals surface area (Å²) in [6.45, 7) is 4.03. The Balaban J connectivity index is 1.74. The van der Waals surface area contributed by atoms with Gasteiger partial charge in [-0.3, -0.25) is 9.36 Å². The summed E-state index contributed by atoms with van der Waals surface area (Å²) < 4.78 is 18.6. The van der Waals surface area contributed by atoms with Crippen LogP contribution in [0.2, 0.25) is 5.02 Å². The second-order valence-corrected chi connectivity index (χ2v) is 10.5. The fourth-order valence-electron chi connectivity index (χ4n) is 4.66. The predicted octanol–water partition coefficient (Wildman–Crippen LogP) is 4.89. The Morgan fingerprint density at radius 3 is 2.50 bits per heavy atom. The van der Waals surface area contributed by atoms with E-state index in [1.807, 2.05) is 43.3 Å². The first-order valence-corrected chi connectivity index (χ1v) is 14.4. The maximum absolute atomic E-state index is 14.0. The second kappa shape index (κ2) is 12.9. The highest BCUT2D eigenvalue weighted by Gasteiger charge is 2.35. The minimum Gasteiger partial charge on any atom is -0.490 e. The number of thiazole rings is 1. The summed E-state index contributed by atoms with van der Waals surface area (Å²) in [5, 5.41) is 9.43. The van der Waals surface area contributed by atoms with Crippen LogP contribution in [0.15, 0.2) is 88.2 Å². The Morgan fingerprint density at radius 2 is 1.81 bits per heavy atom. The molecule has 1 aliphatic rings. The van der Waals surface area contributed by atoms with Crippen LogP contribution in [0.5, 0.6) is 11.5 Å². The number of carbonyl (C=O) groups excluding carboxylic acids is 1. The third-order valence-electron chi connectivity index (χ3n) is 6.42. The molecule has 0 N–H and O–H groups in total. The molecule has 0 bridgehead atoms. The molecule has 0 unspecified atom stereocenters. The third-order valence-corrected chi connectivity index (χ3v) is 7.65. The van der Waals surface area contributed by atoms with Crippen molar-refractivity contribution in [2.75, 3.05) is 19.8 Å². The molecule has 5 rings (SSSR count). The fraction of sp³-hybridized carbons (Fsp3) is 0.188. The molecular formula is C32H26ClN3O5S. The first-order valence-electron chi connectivity index (χ1n) is 13.3. The first kappa shape index (κ1) is 28.9. The third kappa shape index (κ3) is 5.86. The number of fused-ring (bicyclic) bond motifs is 1. The van der Waals surface area contributed by atoms with Crippen LogP contribution < -0.4 is 24.4 Å². The minimum absolute atomic E-state index is 0.116. The topological polar surface area (TPSA) is 103 Å². The van der Waals surface area contributed by atoms with Gasteiger partial charge in [-0.05, 0) is 55.3 Å².